The van der Waals surface area contributed by atoms with Crippen molar-refractivity contribution >= 4 is 38.0 Å². The molecule has 3 aromatic heterocycles. The summed E-state index contributed by atoms with van der Waals surface area (Å²) in [6, 6.07) is 59.6. The summed E-state index contributed by atoms with van der Waals surface area (Å²) in [5.41, 5.74) is 13.0. The van der Waals surface area contributed by atoms with Crippen LogP contribution in [0.5, 0.6) is 0 Å². The van der Waals surface area contributed by atoms with Crippen LogP contribution >= 0.6 is 11.3 Å². The maximum atomic E-state index is 5.24. The van der Waals surface area contributed by atoms with Gasteiger partial charge in [-0.3, -0.25) is 16.3 Å². The van der Waals surface area contributed by atoms with Gasteiger partial charge in [-0.05, 0) is 47.5 Å². The van der Waals surface area contributed by atoms with E-state index >= 15 is 0 Å². The Morgan fingerprint density at radius 3 is 2.02 bits per heavy atom. The second-order valence-corrected chi connectivity index (χ2v) is 13.1. The van der Waals surface area contributed by atoms with E-state index in [0.29, 0.717) is 0 Å². The molecule has 9 aromatic rings. The number of hydrogen-bond acceptors (Lipinski definition) is 3. The Bertz CT molecular complexity index is 2500. The number of thiophene rings is 1. The van der Waals surface area contributed by atoms with E-state index < -0.39 is 0 Å². The van der Waals surface area contributed by atoms with E-state index in [0.717, 1.165) is 78.1 Å². The van der Waals surface area contributed by atoms with Crippen LogP contribution in [-0.2, 0) is 20.1 Å². The topological polar surface area (TPSA) is 30.7 Å². The maximum Gasteiger partial charge on any atom is 0.0774 e. The Morgan fingerprint density at radius 1 is 0.692 bits per heavy atom. The first-order valence-electron chi connectivity index (χ1n) is 16.9. The van der Waals surface area contributed by atoms with Crippen LogP contribution in [0.15, 0.2) is 177 Å². The fourth-order valence-electron chi connectivity index (χ4n) is 6.39. The van der Waals surface area contributed by atoms with E-state index in [9.17, 15) is 0 Å². The fraction of sp³-hybridized carbons (Fsp3) is 0.0213. The van der Waals surface area contributed by atoms with Crippen LogP contribution in [0.3, 0.4) is 0 Å². The smallest absolute Gasteiger partial charge is 0.0774 e. The van der Waals surface area contributed by atoms with Gasteiger partial charge in [0.15, 0.2) is 0 Å². The summed E-state index contributed by atoms with van der Waals surface area (Å²) in [6.45, 7) is 6.23. The van der Waals surface area contributed by atoms with Gasteiger partial charge < -0.3 is 9.55 Å². The number of aromatic nitrogens is 3. The third-order valence-corrected chi connectivity index (χ3v) is 9.75. The zero-order valence-corrected chi connectivity index (χ0v) is 31.7. The number of hydrogen-bond donors (Lipinski definition) is 0. The molecule has 0 saturated heterocycles. The number of fused-ring (bicyclic) bond motifs is 2. The molecule has 0 amide bonds. The molecule has 0 fully saturated rings. The molecule has 0 aliphatic rings. The zero-order chi connectivity index (χ0) is 34.6. The average molecular weight is 864 g/mol. The van der Waals surface area contributed by atoms with Crippen LogP contribution in [0.25, 0.3) is 77.3 Å². The number of rotatable bonds is 6. The van der Waals surface area contributed by atoms with Crippen LogP contribution in [0.4, 0.5) is 0 Å². The van der Waals surface area contributed by atoms with Crippen molar-refractivity contribution in [2.75, 3.05) is 0 Å². The van der Waals surface area contributed by atoms with E-state index in [1.165, 1.54) is 4.70 Å². The Labute approximate surface area is 322 Å². The monoisotopic (exact) mass is 864 g/mol. The van der Waals surface area contributed by atoms with Crippen molar-refractivity contribution in [2.24, 2.45) is 0 Å². The third kappa shape index (κ3) is 6.95. The molecule has 3 nitrogen and oxygen atoms in total. The minimum absolute atomic E-state index is 0. The second-order valence-electron chi connectivity index (χ2n) is 12.3. The summed E-state index contributed by atoms with van der Waals surface area (Å²) < 4.78 is 3.53. The molecule has 52 heavy (non-hydrogen) atoms. The van der Waals surface area contributed by atoms with Crippen molar-refractivity contribution in [1.82, 2.24) is 14.5 Å². The van der Waals surface area contributed by atoms with Crippen molar-refractivity contribution in [2.45, 2.75) is 6.92 Å². The molecule has 253 valence electrons. The standard InChI is InChI=1S/C36H25N2S.C11H8N.Ir/c1-24(2)27-20-21-34-30(22-27)31(23-39-34)36-37-32-18-9-10-19-33(32)38(36)35-28(25-12-5-3-6-13-25)16-11-17-29(35)26-14-7-4-8-15-26;1-2-6-10(7-3-1)11-8-4-5-9-12-11;/h3-22H,1H2,2H3;1-6,8-9H;/q2*-1;. The Balaban J connectivity index is 0.000000275. The minimum atomic E-state index is 0. The third-order valence-electron chi connectivity index (χ3n) is 8.87. The molecular weight excluding hydrogens is 831 g/mol. The van der Waals surface area contributed by atoms with Crippen LogP contribution in [0.2, 0.25) is 0 Å². The summed E-state index contributed by atoms with van der Waals surface area (Å²) in [6.07, 6.45) is 1.79. The Morgan fingerprint density at radius 2 is 1.37 bits per heavy atom. The molecule has 5 heteroatoms. The van der Waals surface area contributed by atoms with E-state index in [1.807, 2.05) is 42.5 Å². The van der Waals surface area contributed by atoms with Gasteiger partial charge in [0.2, 0.25) is 0 Å². The maximum absolute atomic E-state index is 5.24. The van der Waals surface area contributed by atoms with Crippen LogP contribution in [0.1, 0.15) is 12.5 Å². The van der Waals surface area contributed by atoms with Crippen LogP contribution in [-0.4, -0.2) is 14.5 Å². The van der Waals surface area contributed by atoms with Crippen LogP contribution in [0, 0.1) is 11.4 Å². The van der Waals surface area contributed by atoms with Gasteiger partial charge in [-0.1, -0.05) is 149 Å². The van der Waals surface area contributed by atoms with Crippen molar-refractivity contribution in [3.63, 3.8) is 0 Å². The molecule has 0 aliphatic heterocycles. The van der Waals surface area contributed by atoms with Gasteiger partial charge in [-0.2, -0.15) is 0 Å². The van der Waals surface area contributed by atoms with E-state index in [-0.39, 0.29) is 20.1 Å². The SMILES string of the molecule is C=C(C)c1ccc2s[c-]c(-c3nc4ccccc4n3-c3c(-c4ccccc4)cccc3-c3ccccc3)c2c1.[Ir].[c-]1ccccc1-c1ccccn1. The molecule has 0 bridgehead atoms. The van der Waals surface area contributed by atoms with E-state index in [1.54, 1.807) is 17.5 Å². The van der Waals surface area contributed by atoms with Gasteiger partial charge in [-0.25, -0.2) is 0 Å². The molecule has 0 unspecified atom stereocenters. The van der Waals surface area contributed by atoms with Crippen molar-refractivity contribution in [3.8, 4) is 50.6 Å². The number of nitrogens with zero attached hydrogens (tertiary/aromatic N) is 3. The number of pyridine rings is 1. The number of imidazole rings is 1. The minimum Gasteiger partial charge on any atom is -0.332 e. The molecule has 0 saturated carbocycles. The summed E-state index contributed by atoms with van der Waals surface area (Å²) in [5, 5.41) is 4.76. The van der Waals surface area contributed by atoms with Gasteiger partial charge in [0.25, 0.3) is 0 Å². The number of para-hydroxylation sites is 3. The van der Waals surface area contributed by atoms with Gasteiger partial charge in [-0.15, -0.1) is 41.3 Å². The Hall–Kier alpha value is -5.71. The van der Waals surface area contributed by atoms with E-state index in [2.05, 4.69) is 156 Å². The van der Waals surface area contributed by atoms with Crippen molar-refractivity contribution in [3.05, 3.63) is 194 Å². The number of benzene rings is 6. The summed E-state index contributed by atoms with van der Waals surface area (Å²) >= 11 is 1.64. The molecule has 1 radical (unpaired) electrons. The van der Waals surface area contributed by atoms with Gasteiger partial charge in [0.05, 0.1) is 22.5 Å². The second kappa shape index (κ2) is 15.7. The molecule has 0 N–H and O–H groups in total. The number of allylic oxidation sites excluding steroid dienone is 1. The first-order valence-corrected chi connectivity index (χ1v) is 17.7. The molecule has 3 heterocycles. The zero-order valence-electron chi connectivity index (χ0n) is 28.5. The normalized spacial score (nSPS) is 10.7. The summed E-state index contributed by atoms with van der Waals surface area (Å²) in [7, 11) is 0. The van der Waals surface area contributed by atoms with Gasteiger partial charge in [0, 0.05) is 37.4 Å². The quantitative estimate of drug-likeness (QED) is 0.156. The largest absolute Gasteiger partial charge is 0.332 e. The molecule has 0 aliphatic carbocycles. The predicted molar refractivity (Wildman–Crippen MR) is 215 cm³/mol. The average Bonchev–Trinajstić information content (AvgIpc) is 3.80. The van der Waals surface area contributed by atoms with Crippen LogP contribution < -0.4 is 0 Å². The molecule has 0 atom stereocenters. The summed E-state index contributed by atoms with van der Waals surface area (Å²) in [5.74, 6) is 0.891. The van der Waals surface area contributed by atoms with E-state index in [4.69, 9.17) is 4.98 Å². The van der Waals surface area contributed by atoms with Gasteiger partial charge in [0.1, 0.15) is 0 Å². The molecule has 6 aromatic carbocycles. The molecule has 9 rings (SSSR count). The predicted octanol–water partition coefficient (Wildman–Crippen LogP) is 12.6. The van der Waals surface area contributed by atoms with Crippen molar-refractivity contribution < 1.29 is 20.1 Å². The van der Waals surface area contributed by atoms with Crippen molar-refractivity contribution in [1.29, 1.82) is 0 Å². The van der Waals surface area contributed by atoms with Gasteiger partial charge >= 0.3 is 0 Å². The summed E-state index contributed by atoms with van der Waals surface area (Å²) in [4.78, 5) is 9.46. The Kier molecular flexibility index (Phi) is 10.5. The first kappa shape index (κ1) is 34.7. The fourth-order valence-corrected chi connectivity index (χ4v) is 7.21. The molecule has 0 spiro atoms. The first-order chi connectivity index (χ1) is 25.2. The molecular formula is C47H33IrN3S-2.